The average Bonchev–Trinajstić information content (AvgIpc) is 2.55. The molecule has 1 fully saturated rings. The fraction of sp³-hybridized carbons (Fsp3) is 0.875. The first kappa shape index (κ1) is 19.9. The lowest BCUT2D eigenvalue weighted by molar-refractivity contribution is -0.135. The van der Waals surface area contributed by atoms with Crippen LogP contribution in [-0.4, -0.2) is 64.0 Å². The van der Waals surface area contributed by atoms with E-state index in [0.29, 0.717) is 6.42 Å². The number of hydrogen-bond acceptors (Lipinski definition) is 5. The van der Waals surface area contributed by atoms with E-state index in [9.17, 15) is 9.59 Å². The molecule has 0 radical (unpaired) electrons. The van der Waals surface area contributed by atoms with Crippen LogP contribution in [0.25, 0.3) is 0 Å². The van der Waals surface area contributed by atoms with Crippen LogP contribution in [-0.2, 0) is 23.8 Å². The Morgan fingerprint density at radius 1 is 0.913 bits per heavy atom. The lowest BCUT2D eigenvalue weighted by atomic mass is 9.91. The van der Waals surface area contributed by atoms with E-state index in [0.717, 1.165) is 25.7 Å². The Morgan fingerprint density at radius 2 is 1.35 bits per heavy atom. The van der Waals surface area contributed by atoms with Crippen molar-refractivity contribution in [3.8, 4) is 0 Å². The molecule has 0 aromatic heterocycles. The molecule has 0 heterocycles. The molecule has 2 N–H and O–H groups in total. The summed E-state index contributed by atoms with van der Waals surface area (Å²) in [7, 11) is 4.58. The number of ether oxygens (including phenoxy) is 3. The summed E-state index contributed by atoms with van der Waals surface area (Å²) in [6, 6.07) is 0.270. The van der Waals surface area contributed by atoms with Crippen LogP contribution in [0.2, 0.25) is 0 Å². The van der Waals surface area contributed by atoms with Crippen LogP contribution in [0.15, 0.2) is 0 Å². The lowest BCUT2D eigenvalue weighted by Gasteiger charge is -2.31. The quantitative estimate of drug-likeness (QED) is 0.647. The van der Waals surface area contributed by atoms with Crippen molar-refractivity contribution in [1.82, 2.24) is 10.6 Å². The number of nitrogens with one attached hydrogen (secondary N) is 2. The molecule has 2 amide bonds. The molecular formula is C16H30N2O5. The Hall–Kier alpha value is -1.18. The number of rotatable bonds is 9. The molecule has 0 bridgehead atoms. The molecule has 0 aromatic carbocycles. The molecule has 0 aromatic rings. The van der Waals surface area contributed by atoms with Crippen molar-refractivity contribution < 1.29 is 23.8 Å². The van der Waals surface area contributed by atoms with Gasteiger partial charge in [-0.05, 0) is 32.1 Å². The van der Waals surface area contributed by atoms with Crippen LogP contribution in [0.4, 0.5) is 0 Å². The average molecular weight is 330 g/mol. The summed E-state index contributed by atoms with van der Waals surface area (Å²) in [4.78, 5) is 24.1. The summed E-state index contributed by atoms with van der Waals surface area (Å²) in [5.41, 5.74) is 0. The highest BCUT2D eigenvalue weighted by atomic mass is 16.5. The number of carbonyl (C=O) groups excluding carboxylic acids is 2. The van der Waals surface area contributed by atoms with E-state index in [4.69, 9.17) is 14.2 Å². The van der Waals surface area contributed by atoms with Gasteiger partial charge in [-0.25, -0.2) is 0 Å². The lowest BCUT2D eigenvalue weighted by Crippen LogP contribution is -2.49. The first-order valence-corrected chi connectivity index (χ1v) is 8.20. The van der Waals surface area contributed by atoms with Crippen molar-refractivity contribution >= 4 is 11.8 Å². The molecule has 7 nitrogen and oxygen atoms in total. The minimum absolute atomic E-state index is 0.0537. The number of hydrogen-bond donors (Lipinski definition) is 2. The third-order valence-electron chi connectivity index (χ3n) is 4.26. The minimum Gasteiger partial charge on any atom is -0.381 e. The van der Waals surface area contributed by atoms with Gasteiger partial charge in [0.1, 0.15) is 6.10 Å². The highest BCUT2D eigenvalue weighted by Gasteiger charge is 2.27. The van der Waals surface area contributed by atoms with E-state index in [-0.39, 0.29) is 36.6 Å². The summed E-state index contributed by atoms with van der Waals surface area (Å²) < 4.78 is 15.2. The van der Waals surface area contributed by atoms with Gasteiger partial charge in [0.15, 0.2) is 6.10 Å². The summed E-state index contributed by atoms with van der Waals surface area (Å²) in [5.74, 6) is -0.200. The van der Waals surface area contributed by atoms with Crippen LogP contribution in [0.1, 0.15) is 39.0 Å². The van der Waals surface area contributed by atoms with Gasteiger partial charge in [0.25, 0.3) is 5.91 Å². The monoisotopic (exact) mass is 330 g/mol. The predicted molar refractivity (Wildman–Crippen MR) is 86.1 cm³/mol. The van der Waals surface area contributed by atoms with Crippen LogP contribution in [0.5, 0.6) is 0 Å². The first-order valence-electron chi connectivity index (χ1n) is 8.20. The Balaban J connectivity index is 2.35. The Morgan fingerprint density at radius 3 is 1.70 bits per heavy atom. The third kappa shape index (κ3) is 6.45. The largest absolute Gasteiger partial charge is 0.381 e. The highest BCUT2D eigenvalue weighted by molar-refractivity contribution is 5.81. The standard InChI is InChI=1S/C16H30N2O5/c1-5-13(22-3)15(19)17-11-6-8-12(9-7-11)18-16(20)14(23-4)10-21-2/h11-14H,5-10H2,1-4H3,(H,17,19)(H,18,20). The second-order valence-corrected chi connectivity index (χ2v) is 5.88. The Kier molecular flexibility index (Phi) is 9.13. The molecule has 23 heavy (non-hydrogen) atoms. The van der Waals surface area contributed by atoms with E-state index >= 15 is 0 Å². The molecule has 0 spiro atoms. The van der Waals surface area contributed by atoms with Crippen molar-refractivity contribution in [2.75, 3.05) is 27.9 Å². The summed E-state index contributed by atoms with van der Waals surface area (Å²) >= 11 is 0. The number of carbonyl (C=O) groups is 2. The first-order chi connectivity index (χ1) is 11.0. The molecule has 1 saturated carbocycles. The van der Waals surface area contributed by atoms with Crippen LogP contribution in [0, 0.1) is 0 Å². The summed E-state index contributed by atoms with van der Waals surface area (Å²) in [5, 5.41) is 6.02. The van der Waals surface area contributed by atoms with E-state index in [1.54, 1.807) is 7.11 Å². The molecule has 7 heteroatoms. The van der Waals surface area contributed by atoms with E-state index in [2.05, 4.69) is 10.6 Å². The fourth-order valence-electron chi connectivity index (χ4n) is 2.83. The van der Waals surface area contributed by atoms with Crippen LogP contribution in [0.3, 0.4) is 0 Å². The van der Waals surface area contributed by atoms with Gasteiger partial charge in [-0.1, -0.05) is 6.92 Å². The Bertz CT molecular complexity index is 365. The van der Waals surface area contributed by atoms with Gasteiger partial charge in [0.05, 0.1) is 6.61 Å². The van der Waals surface area contributed by atoms with Crippen molar-refractivity contribution in [3.63, 3.8) is 0 Å². The van der Waals surface area contributed by atoms with Crippen molar-refractivity contribution in [1.29, 1.82) is 0 Å². The van der Waals surface area contributed by atoms with Gasteiger partial charge in [-0.3, -0.25) is 9.59 Å². The smallest absolute Gasteiger partial charge is 0.251 e. The predicted octanol–water partition coefficient (Wildman–Crippen LogP) is 0.616. The zero-order chi connectivity index (χ0) is 17.2. The van der Waals surface area contributed by atoms with Gasteiger partial charge in [0.2, 0.25) is 5.91 Å². The summed E-state index contributed by atoms with van der Waals surface area (Å²) in [6.07, 6.45) is 3.06. The van der Waals surface area contributed by atoms with Crippen molar-refractivity contribution in [3.05, 3.63) is 0 Å². The fourth-order valence-corrected chi connectivity index (χ4v) is 2.83. The second-order valence-electron chi connectivity index (χ2n) is 5.88. The SMILES string of the molecule is CCC(OC)C(=O)NC1CCC(NC(=O)C(COC)OC)CC1. The topological polar surface area (TPSA) is 85.9 Å². The van der Waals surface area contributed by atoms with Crippen LogP contribution >= 0.6 is 0 Å². The van der Waals surface area contributed by atoms with E-state index in [1.165, 1.54) is 14.2 Å². The molecule has 2 atom stereocenters. The zero-order valence-electron chi connectivity index (χ0n) is 14.6. The number of methoxy groups -OCH3 is 3. The maximum absolute atomic E-state index is 12.1. The van der Waals surface area contributed by atoms with Gasteiger partial charge < -0.3 is 24.8 Å². The summed E-state index contributed by atoms with van der Waals surface area (Å²) in [6.45, 7) is 2.16. The molecule has 0 aliphatic heterocycles. The maximum Gasteiger partial charge on any atom is 0.251 e. The molecule has 0 saturated heterocycles. The van der Waals surface area contributed by atoms with E-state index < -0.39 is 6.10 Å². The van der Waals surface area contributed by atoms with Gasteiger partial charge >= 0.3 is 0 Å². The highest BCUT2D eigenvalue weighted by Crippen LogP contribution is 2.19. The molecule has 2 unspecified atom stereocenters. The molecular weight excluding hydrogens is 300 g/mol. The molecule has 1 aliphatic carbocycles. The van der Waals surface area contributed by atoms with Gasteiger partial charge in [-0.2, -0.15) is 0 Å². The Labute approximate surface area is 138 Å². The molecule has 1 aliphatic rings. The van der Waals surface area contributed by atoms with Crippen LogP contribution < -0.4 is 10.6 Å². The number of amides is 2. The van der Waals surface area contributed by atoms with Gasteiger partial charge in [0, 0.05) is 33.4 Å². The van der Waals surface area contributed by atoms with E-state index in [1.807, 2.05) is 6.92 Å². The third-order valence-corrected chi connectivity index (χ3v) is 4.26. The van der Waals surface area contributed by atoms with Crippen molar-refractivity contribution in [2.24, 2.45) is 0 Å². The molecule has 134 valence electrons. The second kappa shape index (κ2) is 10.6. The maximum atomic E-state index is 12.1. The van der Waals surface area contributed by atoms with Crippen molar-refractivity contribution in [2.45, 2.75) is 63.3 Å². The zero-order valence-corrected chi connectivity index (χ0v) is 14.6. The molecule has 1 rings (SSSR count). The van der Waals surface area contributed by atoms with Gasteiger partial charge in [-0.15, -0.1) is 0 Å². The minimum atomic E-state index is -0.579. The normalized spacial score (nSPS) is 23.8.